The van der Waals surface area contributed by atoms with Crippen molar-refractivity contribution in [2.24, 2.45) is 0 Å². The Bertz CT molecular complexity index is 714. The zero-order valence-electron chi connectivity index (χ0n) is 9.35. The van der Waals surface area contributed by atoms with E-state index in [1.54, 1.807) is 0 Å². The molecule has 0 aliphatic carbocycles. The number of hydrogen-bond donors (Lipinski definition) is 1. The lowest BCUT2D eigenvalue weighted by atomic mass is 10.1. The molecule has 4 heteroatoms. The Labute approximate surface area is 98.3 Å². The molecule has 0 radical (unpaired) electrons. The highest BCUT2D eigenvalue weighted by Crippen LogP contribution is 2.21. The summed E-state index contributed by atoms with van der Waals surface area (Å²) in [6.45, 7) is 1.91. The summed E-state index contributed by atoms with van der Waals surface area (Å²) in [7, 11) is 0. The Morgan fingerprint density at radius 1 is 1.24 bits per heavy atom. The van der Waals surface area contributed by atoms with Crippen LogP contribution >= 0.6 is 0 Å². The number of rotatable bonds is 0. The van der Waals surface area contributed by atoms with Crippen molar-refractivity contribution < 1.29 is 0 Å². The summed E-state index contributed by atoms with van der Waals surface area (Å²) in [5.74, 6) is 0. The van der Waals surface area contributed by atoms with E-state index in [2.05, 4.69) is 21.5 Å². The second kappa shape index (κ2) is 3.28. The van der Waals surface area contributed by atoms with Crippen LogP contribution in [0.4, 0.5) is 0 Å². The van der Waals surface area contributed by atoms with Crippen LogP contribution in [0.25, 0.3) is 16.6 Å². The van der Waals surface area contributed by atoms with Crippen molar-refractivity contribution in [1.82, 2.24) is 19.9 Å². The van der Waals surface area contributed by atoms with E-state index in [1.165, 1.54) is 11.3 Å². The minimum atomic E-state index is 0.897. The molecule has 0 atom stereocenters. The van der Waals surface area contributed by atoms with Crippen LogP contribution in [-0.4, -0.2) is 21.1 Å². The van der Waals surface area contributed by atoms with Gasteiger partial charge in [0.25, 0.3) is 0 Å². The van der Waals surface area contributed by atoms with Gasteiger partial charge in [0.1, 0.15) is 0 Å². The number of nitrogens with one attached hydrogen (secondary N) is 1. The SMILES string of the molecule is c1ccc2c(c1)nn1c3c(cnc21)CNCC3. The Morgan fingerprint density at radius 2 is 2.18 bits per heavy atom. The predicted octanol–water partition coefficient (Wildman–Crippen LogP) is 1.53. The molecule has 17 heavy (non-hydrogen) atoms. The molecule has 4 rings (SSSR count). The van der Waals surface area contributed by atoms with Crippen molar-refractivity contribution >= 4 is 16.6 Å². The van der Waals surface area contributed by atoms with Gasteiger partial charge >= 0.3 is 0 Å². The summed E-state index contributed by atoms with van der Waals surface area (Å²) >= 11 is 0. The van der Waals surface area contributed by atoms with Crippen molar-refractivity contribution in [3.63, 3.8) is 0 Å². The third-order valence-corrected chi connectivity index (χ3v) is 3.38. The first kappa shape index (κ1) is 9.13. The Hall–Kier alpha value is -1.94. The molecular formula is C13H12N4. The number of hydrogen-bond acceptors (Lipinski definition) is 3. The monoisotopic (exact) mass is 224 g/mol. The largest absolute Gasteiger partial charge is 0.312 e. The maximum Gasteiger partial charge on any atom is 0.163 e. The van der Waals surface area contributed by atoms with Crippen molar-refractivity contribution in [3.05, 3.63) is 41.7 Å². The lowest BCUT2D eigenvalue weighted by Crippen LogP contribution is -2.26. The summed E-state index contributed by atoms with van der Waals surface area (Å²) < 4.78 is 2.01. The smallest absolute Gasteiger partial charge is 0.163 e. The molecule has 0 spiro atoms. The molecule has 0 amide bonds. The molecule has 0 unspecified atom stereocenters. The van der Waals surface area contributed by atoms with E-state index in [0.717, 1.165) is 36.1 Å². The van der Waals surface area contributed by atoms with Gasteiger partial charge in [-0.25, -0.2) is 9.50 Å². The molecule has 2 aromatic heterocycles. The van der Waals surface area contributed by atoms with Crippen LogP contribution in [-0.2, 0) is 13.0 Å². The molecule has 4 nitrogen and oxygen atoms in total. The van der Waals surface area contributed by atoms with Gasteiger partial charge in [-0.1, -0.05) is 12.1 Å². The minimum Gasteiger partial charge on any atom is -0.312 e. The fourth-order valence-corrected chi connectivity index (χ4v) is 2.53. The maximum absolute atomic E-state index is 4.65. The van der Waals surface area contributed by atoms with Gasteiger partial charge in [-0.3, -0.25) is 0 Å². The van der Waals surface area contributed by atoms with Crippen LogP contribution in [0.3, 0.4) is 0 Å². The fourth-order valence-electron chi connectivity index (χ4n) is 2.53. The molecule has 3 heterocycles. The third-order valence-electron chi connectivity index (χ3n) is 3.38. The summed E-state index contributed by atoms with van der Waals surface area (Å²) in [6, 6.07) is 8.17. The molecular weight excluding hydrogens is 212 g/mol. The van der Waals surface area contributed by atoms with E-state index in [9.17, 15) is 0 Å². The first-order valence-electron chi connectivity index (χ1n) is 5.88. The molecule has 0 bridgehead atoms. The normalized spacial score (nSPS) is 15.3. The second-order valence-corrected chi connectivity index (χ2v) is 4.41. The van der Waals surface area contributed by atoms with E-state index >= 15 is 0 Å². The molecule has 1 aromatic carbocycles. The zero-order valence-corrected chi connectivity index (χ0v) is 9.35. The summed E-state index contributed by atoms with van der Waals surface area (Å²) in [5, 5.41) is 9.15. The van der Waals surface area contributed by atoms with Gasteiger partial charge in [0.05, 0.1) is 11.2 Å². The molecule has 1 aliphatic heterocycles. The highest BCUT2D eigenvalue weighted by Gasteiger charge is 2.15. The lowest BCUT2D eigenvalue weighted by Gasteiger charge is -2.16. The quantitative estimate of drug-likeness (QED) is 0.629. The van der Waals surface area contributed by atoms with E-state index in [-0.39, 0.29) is 0 Å². The van der Waals surface area contributed by atoms with Crippen LogP contribution in [0.5, 0.6) is 0 Å². The number of benzene rings is 1. The molecule has 1 aliphatic rings. The van der Waals surface area contributed by atoms with E-state index in [4.69, 9.17) is 0 Å². The first-order valence-corrected chi connectivity index (χ1v) is 5.88. The average molecular weight is 224 g/mol. The number of nitrogens with zero attached hydrogens (tertiary/aromatic N) is 3. The molecule has 84 valence electrons. The van der Waals surface area contributed by atoms with Gasteiger partial charge < -0.3 is 5.32 Å². The molecule has 0 saturated carbocycles. The zero-order chi connectivity index (χ0) is 11.2. The minimum absolute atomic E-state index is 0.897. The molecule has 0 saturated heterocycles. The molecule has 3 aromatic rings. The standard InChI is InChI=1S/C13H12N4/c1-2-4-11-10(3-1)13-15-8-9-7-14-6-5-12(9)17(13)16-11/h1-4,8,14H,5-7H2. The van der Waals surface area contributed by atoms with Crippen molar-refractivity contribution in [1.29, 1.82) is 0 Å². The molecule has 0 fully saturated rings. The predicted molar refractivity (Wildman–Crippen MR) is 65.9 cm³/mol. The highest BCUT2D eigenvalue weighted by atomic mass is 15.3. The van der Waals surface area contributed by atoms with E-state index in [0.29, 0.717) is 0 Å². The summed E-state index contributed by atoms with van der Waals surface area (Å²) in [6.07, 6.45) is 2.99. The van der Waals surface area contributed by atoms with Crippen LogP contribution in [0, 0.1) is 0 Å². The van der Waals surface area contributed by atoms with Crippen LogP contribution in [0.1, 0.15) is 11.3 Å². The maximum atomic E-state index is 4.65. The lowest BCUT2D eigenvalue weighted by molar-refractivity contribution is 0.611. The molecule has 1 N–H and O–H groups in total. The first-order chi connectivity index (χ1) is 8.43. The fraction of sp³-hybridized carbons (Fsp3) is 0.231. The van der Waals surface area contributed by atoms with Gasteiger partial charge in [-0.05, 0) is 12.1 Å². The van der Waals surface area contributed by atoms with Gasteiger partial charge in [-0.15, -0.1) is 0 Å². The van der Waals surface area contributed by atoms with E-state index < -0.39 is 0 Å². The Morgan fingerprint density at radius 3 is 3.18 bits per heavy atom. The van der Waals surface area contributed by atoms with Crippen LogP contribution in [0.2, 0.25) is 0 Å². The van der Waals surface area contributed by atoms with Crippen molar-refractivity contribution in [3.8, 4) is 0 Å². The van der Waals surface area contributed by atoms with Gasteiger partial charge in [0, 0.05) is 36.7 Å². The second-order valence-electron chi connectivity index (χ2n) is 4.41. The van der Waals surface area contributed by atoms with Gasteiger partial charge in [0.2, 0.25) is 0 Å². The highest BCUT2D eigenvalue weighted by molar-refractivity contribution is 5.92. The Balaban J connectivity index is 2.16. The van der Waals surface area contributed by atoms with Gasteiger partial charge in [-0.2, -0.15) is 5.10 Å². The van der Waals surface area contributed by atoms with Gasteiger partial charge in [0.15, 0.2) is 5.65 Å². The topological polar surface area (TPSA) is 42.2 Å². The van der Waals surface area contributed by atoms with E-state index in [1.807, 2.05) is 28.9 Å². The van der Waals surface area contributed by atoms with Crippen molar-refractivity contribution in [2.75, 3.05) is 6.54 Å². The Kier molecular flexibility index (Phi) is 1.76. The van der Waals surface area contributed by atoms with Crippen molar-refractivity contribution in [2.45, 2.75) is 13.0 Å². The third kappa shape index (κ3) is 1.21. The average Bonchev–Trinajstić information content (AvgIpc) is 2.78. The number of aromatic nitrogens is 3. The van der Waals surface area contributed by atoms with Crippen LogP contribution in [0.15, 0.2) is 30.5 Å². The van der Waals surface area contributed by atoms with Crippen LogP contribution < -0.4 is 5.32 Å². The summed E-state index contributed by atoms with van der Waals surface area (Å²) in [5.41, 5.74) is 4.55. The number of fused-ring (bicyclic) bond motifs is 5. The summed E-state index contributed by atoms with van der Waals surface area (Å²) in [4.78, 5) is 4.54.